The van der Waals surface area contributed by atoms with E-state index in [0.717, 1.165) is 37.4 Å². The Morgan fingerprint density at radius 1 is 1.00 bits per heavy atom. The summed E-state index contributed by atoms with van der Waals surface area (Å²) < 4.78 is 0. The third kappa shape index (κ3) is 4.02. The monoisotopic (exact) mass is 349 g/mol. The summed E-state index contributed by atoms with van der Waals surface area (Å²) in [6, 6.07) is 0.0990. The lowest BCUT2D eigenvalue weighted by molar-refractivity contribution is -0.141. The Balaban J connectivity index is 1.48. The Morgan fingerprint density at radius 2 is 1.52 bits per heavy atom. The van der Waals surface area contributed by atoms with Crippen molar-refractivity contribution in [1.29, 1.82) is 0 Å². The molecule has 0 heterocycles. The summed E-state index contributed by atoms with van der Waals surface area (Å²) in [5, 5.41) is 5.81. The van der Waals surface area contributed by atoms with E-state index < -0.39 is 11.8 Å². The minimum absolute atomic E-state index is 0.0990. The predicted molar refractivity (Wildman–Crippen MR) is 99.0 cm³/mol. The average molecular weight is 350 g/mol. The molecule has 5 nitrogen and oxygen atoms in total. The van der Waals surface area contributed by atoms with Crippen LogP contribution in [0.1, 0.15) is 59.3 Å². The molecule has 4 saturated carbocycles. The highest BCUT2D eigenvalue weighted by Gasteiger charge is 2.53. The van der Waals surface area contributed by atoms with Crippen LogP contribution in [0.15, 0.2) is 0 Å². The van der Waals surface area contributed by atoms with Crippen LogP contribution in [0.2, 0.25) is 0 Å². The van der Waals surface area contributed by atoms with Gasteiger partial charge in [-0.05, 0) is 81.7 Å². The maximum Gasteiger partial charge on any atom is 0.309 e. The molecule has 5 heteroatoms. The summed E-state index contributed by atoms with van der Waals surface area (Å²) in [6.07, 6.45) is 7.90. The van der Waals surface area contributed by atoms with Crippen molar-refractivity contribution in [1.82, 2.24) is 15.5 Å². The first-order chi connectivity index (χ1) is 12.0. The molecule has 4 aliphatic carbocycles. The zero-order valence-corrected chi connectivity index (χ0v) is 16.1. The normalized spacial score (nSPS) is 34.2. The van der Waals surface area contributed by atoms with Gasteiger partial charge < -0.3 is 15.5 Å². The topological polar surface area (TPSA) is 61.4 Å². The van der Waals surface area contributed by atoms with Crippen molar-refractivity contribution in [2.45, 2.75) is 65.3 Å². The van der Waals surface area contributed by atoms with Crippen LogP contribution in [0.4, 0.5) is 0 Å². The van der Waals surface area contributed by atoms with E-state index in [0.29, 0.717) is 6.54 Å². The van der Waals surface area contributed by atoms with E-state index >= 15 is 0 Å². The molecule has 0 radical (unpaired) electrons. The van der Waals surface area contributed by atoms with Crippen LogP contribution in [-0.4, -0.2) is 48.9 Å². The summed E-state index contributed by atoms with van der Waals surface area (Å²) in [5.41, 5.74) is 0.242. The van der Waals surface area contributed by atoms with E-state index in [1.165, 1.54) is 38.5 Å². The van der Waals surface area contributed by atoms with Crippen molar-refractivity contribution in [2.75, 3.05) is 26.2 Å². The van der Waals surface area contributed by atoms with E-state index in [2.05, 4.69) is 36.3 Å². The summed E-state index contributed by atoms with van der Waals surface area (Å²) in [4.78, 5) is 26.7. The van der Waals surface area contributed by atoms with Gasteiger partial charge in [0.2, 0.25) is 0 Å². The highest BCUT2D eigenvalue weighted by atomic mass is 16.2. The van der Waals surface area contributed by atoms with Crippen LogP contribution in [0.3, 0.4) is 0 Å². The standard InChI is InChI=1S/C20H35N3O2/c1-4-23(5-2)7-6-21-18(24)19(25)22-14(3)20-11-15-8-16(12-20)10-17(9-15)13-20/h14-17H,4-13H2,1-3H3,(H,21,24)(H,22,25). The molecular weight excluding hydrogens is 314 g/mol. The van der Waals surface area contributed by atoms with Gasteiger partial charge in [0.05, 0.1) is 0 Å². The summed E-state index contributed by atoms with van der Waals surface area (Å²) in [6.45, 7) is 9.56. The average Bonchev–Trinajstić information content (AvgIpc) is 2.57. The maximum absolute atomic E-state index is 12.3. The van der Waals surface area contributed by atoms with Crippen molar-refractivity contribution in [3.63, 3.8) is 0 Å². The summed E-state index contributed by atoms with van der Waals surface area (Å²) in [5.74, 6) is 1.63. The zero-order chi connectivity index (χ0) is 18.0. The number of likely N-dealkylation sites (N-methyl/N-ethyl adjacent to an activating group) is 1. The number of nitrogens with one attached hydrogen (secondary N) is 2. The van der Waals surface area contributed by atoms with E-state index in [1.54, 1.807) is 0 Å². The third-order valence-corrected chi connectivity index (χ3v) is 7.17. The molecule has 0 aromatic carbocycles. The molecule has 0 aromatic heterocycles. The first-order valence-corrected chi connectivity index (χ1v) is 10.3. The van der Waals surface area contributed by atoms with Crippen LogP contribution in [0.5, 0.6) is 0 Å². The quantitative estimate of drug-likeness (QED) is 0.693. The van der Waals surface area contributed by atoms with Crippen LogP contribution >= 0.6 is 0 Å². The third-order valence-electron chi connectivity index (χ3n) is 7.17. The molecule has 4 aliphatic rings. The second kappa shape index (κ2) is 7.65. The molecule has 2 N–H and O–H groups in total. The van der Waals surface area contributed by atoms with Gasteiger partial charge in [0.1, 0.15) is 0 Å². The van der Waals surface area contributed by atoms with Crippen molar-refractivity contribution in [3.05, 3.63) is 0 Å². The lowest BCUT2D eigenvalue weighted by Crippen LogP contribution is -2.57. The van der Waals surface area contributed by atoms with E-state index in [1.807, 2.05) is 0 Å². The van der Waals surface area contributed by atoms with Gasteiger partial charge in [0.15, 0.2) is 0 Å². The van der Waals surface area contributed by atoms with Gasteiger partial charge >= 0.3 is 11.8 Å². The number of carbonyl (C=O) groups is 2. The van der Waals surface area contributed by atoms with Gasteiger partial charge in [-0.25, -0.2) is 0 Å². The Morgan fingerprint density at radius 3 is 2.00 bits per heavy atom. The molecule has 0 spiro atoms. The Hall–Kier alpha value is -1.10. The number of hydrogen-bond donors (Lipinski definition) is 2. The van der Waals surface area contributed by atoms with Gasteiger partial charge in [0, 0.05) is 19.1 Å². The Kier molecular flexibility index (Phi) is 5.71. The number of amides is 2. The molecule has 25 heavy (non-hydrogen) atoms. The number of hydrogen-bond acceptors (Lipinski definition) is 3. The molecule has 4 fully saturated rings. The number of nitrogens with zero attached hydrogens (tertiary/aromatic N) is 1. The highest BCUT2D eigenvalue weighted by Crippen LogP contribution is 2.61. The van der Waals surface area contributed by atoms with Gasteiger partial charge in [0.25, 0.3) is 0 Å². The van der Waals surface area contributed by atoms with Crippen LogP contribution < -0.4 is 10.6 Å². The molecular formula is C20H35N3O2. The SMILES string of the molecule is CCN(CC)CCNC(=O)C(=O)NC(C)C12CC3CC(CC(C3)C1)C2. The van der Waals surface area contributed by atoms with Gasteiger partial charge in [-0.2, -0.15) is 0 Å². The molecule has 2 amide bonds. The fraction of sp³-hybridized carbons (Fsp3) is 0.900. The molecule has 4 rings (SSSR count). The summed E-state index contributed by atoms with van der Waals surface area (Å²) >= 11 is 0. The lowest BCUT2D eigenvalue weighted by atomic mass is 9.48. The van der Waals surface area contributed by atoms with Crippen LogP contribution in [0.25, 0.3) is 0 Å². The fourth-order valence-corrected chi connectivity index (χ4v) is 6.07. The lowest BCUT2D eigenvalue weighted by Gasteiger charge is -2.59. The summed E-state index contributed by atoms with van der Waals surface area (Å²) in [7, 11) is 0. The van der Waals surface area contributed by atoms with Crippen LogP contribution in [-0.2, 0) is 9.59 Å². The minimum atomic E-state index is -0.483. The van der Waals surface area contributed by atoms with Gasteiger partial charge in [-0.3, -0.25) is 9.59 Å². The van der Waals surface area contributed by atoms with Crippen LogP contribution in [0, 0.1) is 23.2 Å². The first kappa shape index (κ1) is 18.7. The van der Waals surface area contributed by atoms with E-state index in [4.69, 9.17) is 0 Å². The molecule has 0 saturated heterocycles. The minimum Gasteiger partial charge on any atom is -0.347 e. The largest absolute Gasteiger partial charge is 0.347 e. The van der Waals surface area contributed by atoms with Crippen molar-refractivity contribution >= 4 is 11.8 Å². The predicted octanol–water partition coefficient (Wildman–Crippen LogP) is 2.17. The molecule has 1 unspecified atom stereocenters. The first-order valence-electron chi connectivity index (χ1n) is 10.3. The molecule has 142 valence electrons. The number of rotatable bonds is 7. The molecule has 4 bridgehead atoms. The Bertz CT molecular complexity index is 466. The smallest absolute Gasteiger partial charge is 0.309 e. The number of carbonyl (C=O) groups excluding carboxylic acids is 2. The maximum atomic E-state index is 12.3. The highest BCUT2D eigenvalue weighted by molar-refractivity contribution is 6.35. The van der Waals surface area contributed by atoms with Crippen molar-refractivity contribution in [3.8, 4) is 0 Å². The van der Waals surface area contributed by atoms with Gasteiger partial charge in [-0.15, -0.1) is 0 Å². The Labute approximate surface area is 152 Å². The second-order valence-corrected chi connectivity index (χ2v) is 8.76. The molecule has 1 atom stereocenters. The van der Waals surface area contributed by atoms with Crippen molar-refractivity contribution < 1.29 is 9.59 Å². The molecule has 0 aliphatic heterocycles. The van der Waals surface area contributed by atoms with Gasteiger partial charge in [-0.1, -0.05) is 13.8 Å². The van der Waals surface area contributed by atoms with E-state index in [9.17, 15) is 9.59 Å². The zero-order valence-electron chi connectivity index (χ0n) is 16.1. The molecule has 0 aromatic rings. The second-order valence-electron chi connectivity index (χ2n) is 8.76. The fourth-order valence-electron chi connectivity index (χ4n) is 6.07. The van der Waals surface area contributed by atoms with Crippen molar-refractivity contribution in [2.24, 2.45) is 23.2 Å². The van der Waals surface area contributed by atoms with E-state index in [-0.39, 0.29) is 11.5 Å².